The van der Waals surface area contributed by atoms with Crippen molar-refractivity contribution in [2.75, 3.05) is 19.4 Å². The predicted octanol–water partition coefficient (Wildman–Crippen LogP) is 3.39. The molecule has 2 amide bonds. The number of amides is 2. The van der Waals surface area contributed by atoms with E-state index in [0.717, 1.165) is 5.01 Å². The number of benzene rings is 1. The Morgan fingerprint density at radius 3 is 2.39 bits per heavy atom. The third-order valence-electron chi connectivity index (χ3n) is 3.18. The van der Waals surface area contributed by atoms with Gasteiger partial charge in [-0.15, -0.1) is 11.3 Å². The van der Waals surface area contributed by atoms with E-state index in [4.69, 9.17) is 0 Å². The number of rotatable bonds is 3. The van der Waals surface area contributed by atoms with E-state index in [1.54, 1.807) is 44.6 Å². The van der Waals surface area contributed by atoms with E-state index in [0.29, 0.717) is 16.1 Å². The van der Waals surface area contributed by atoms with Crippen LogP contribution in [0.5, 0.6) is 0 Å². The molecule has 0 aliphatic heterocycles. The molecule has 1 aromatic heterocycles. The molecule has 0 spiro atoms. The zero-order chi connectivity index (χ0) is 17.2. The highest BCUT2D eigenvalue weighted by atomic mass is 32.1. The second kappa shape index (κ2) is 6.50. The molecule has 23 heavy (non-hydrogen) atoms. The van der Waals surface area contributed by atoms with Crippen molar-refractivity contribution in [1.29, 1.82) is 0 Å². The van der Waals surface area contributed by atoms with Gasteiger partial charge in [0.1, 0.15) is 4.88 Å². The van der Waals surface area contributed by atoms with Crippen molar-refractivity contribution in [1.82, 2.24) is 9.88 Å². The fourth-order valence-corrected chi connectivity index (χ4v) is 2.80. The van der Waals surface area contributed by atoms with Crippen molar-refractivity contribution in [3.63, 3.8) is 0 Å². The summed E-state index contributed by atoms with van der Waals surface area (Å²) in [5.74, 6) is -0.405. The number of aromatic nitrogens is 1. The third kappa shape index (κ3) is 3.96. The van der Waals surface area contributed by atoms with Crippen molar-refractivity contribution < 1.29 is 9.59 Å². The van der Waals surface area contributed by atoms with Crippen LogP contribution in [0.25, 0.3) is 0 Å². The first-order chi connectivity index (χ1) is 10.7. The second-order valence-corrected chi connectivity index (χ2v) is 7.51. The van der Waals surface area contributed by atoms with E-state index in [1.807, 2.05) is 0 Å². The van der Waals surface area contributed by atoms with Crippen LogP contribution in [0.2, 0.25) is 0 Å². The first-order valence-electron chi connectivity index (χ1n) is 7.28. The largest absolute Gasteiger partial charge is 0.345 e. The Bertz CT molecular complexity index is 729. The highest BCUT2D eigenvalue weighted by Gasteiger charge is 2.21. The quantitative estimate of drug-likeness (QED) is 0.937. The minimum atomic E-state index is -0.253. The van der Waals surface area contributed by atoms with Crippen LogP contribution < -0.4 is 5.32 Å². The van der Waals surface area contributed by atoms with Gasteiger partial charge < -0.3 is 10.2 Å². The molecule has 2 rings (SSSR count). The summed E-state index contributed by atoms with van der Waals surface area (Å²) in [4.78, 5) is 30.9. The average Bonchev–Trinajstić information content (AvgIpc) is 2.97. The number of hydrogen-bond donors (Lipinski definition) is 1. The van der Waals surface area contributed by atoms with Crippen LogP contribution in [-0.4, -0.2) is 35.8 Å². The van der Waals surface area contributed by atoms with Crippen molar-refractivity contribution >= 4 is 28.8 Å². The van der Waals surface area contributed by atoms with Gasteiger partial charge in [-0.05, 0) is 12.1 Å². The zero-order valence-electron chi connectivity index (χ0n) is 14.0. The molecular formula is C17H21N3O2S. The highest BCUT2D eigenvalue weighted by molar-refractivity contribution is 7.13. The molecule has 1 N–H and O–H groups in total. The summed E-state index contributed by atoms with van der Waals surface area (Å²) >= 11 is 1.37. The maximum atomic E-state index is 12.4. The molecule has 0 unspecified atom stereocenters. The van der Waals surface area contributed by atoms with Gasteiger partial charge in [-0.3, -0.25) is 9.59 Å². The Morgan fingerprint density at radius 2 is 1.83 bits per heavy atom. The van der Waals surface area contributed by atoms with Gasteiger partial charge in [0.2, 0.25) is 0 Å². The van der Waals surface area contributed by atoms with Crippen molar-refractivity contribution in [2.45, 2.75) is 26.2 Å². The second-order valence-electron chi connectivity index (χ2n) is 6.48. The number of para-hydroxylation sites is 1. The smallest absolute Gasteiger partial charge is 0.267 e. The molecule has 1 aromatic carbocycles. The van der Waals surface area contributed by atoms with Gasteiger partial charge in [-0.2, -0.15) is 0 Å². The maximum absolute atomic E-state index is 12.4. The summed E-state index contributed by atoms with van der Waals surface area (Å²) in [6.45, 7) is 6.16. The van der Waals surface area contributed by atoms with E-state index in [9.17, 15) is 9.59 Å². The number of thiazole rings is 1. The van der Waals surface area contributed by atoms with Crippen LogP contribution in [0.3, 0.4) is 0 Å². The SMILES string of the molecule is CN(C)C(=O)c1ccccc1NC(=O)c1cnc(C(C)(C)C)s1. The maximum Gasteiger partial charge on any atom is 0.267 e. The minimum absolute atomic E-state index is 0.0952. The van der Waals surface area contributed by atoms with Crippen LogP contribution in [0.4, 0.5) is 5.69 Å². The van der Waals surface area contributed by atoms with Crippen LogP contribution >= 0.6 is 11.3 Å². The minimum Gasteiger partial charge on any atom is -0.345 e. The molecule has 0 radical (unpaired) electrons. The Labute approximate surface area is 140 Å². The van der Waals surface area contributed by atoms with E-state index in [-0.39, 0.29) is 17.2 Å². The molecular weight excluding hydrogens is 310 g/mol. The number of hydrogen-bond acceptors (Lipinski definition) is 4. The normalized spacial score (nSPS) is 11.2. The molecule has 0 fully saturated rings. The van der Waals surface area contributed by atoms with E-state index >= 15 is 0 Å². The molecule has 6 heteroatoms. The lowest BCUT2D eigenvalue weighted by molar-refractivity contribution is 0.0828. The monoisotopic (exact) mass is 331 g/mol. The Hall–Kier alpha value is -2.21. The van der Waals surface area contributed by atoms with Crippen molar-refractivity contribution in [3.05, 3.63) is 45.9 Å². The molecule has 2 aromatic rings. The molecule has 0 saturated heterocycles. The fraction of sp³-hybridized carbons (Fsp3) is 0.353. The summed E-state index contributed by atoms with van der Waals surface area (Å²) < 4.78 is 0. The highest BCUT2D eigenvalue weighted by Crippen LogP contribution is 2.27. The standard InChI is InChI=1S/C17H21N3O2S/c1-17(2,3)16-18-10-13(23-16)14(21)19-12-9-7-6-8-11(12)15(22)20(4)5/h6-10H,1-5H3,(H,19,21). The number of carbonyl (C=O) groups is 2. The predicted molar refractivity (Wildman–Crippen MR) is 93.2 cm³/mol. The Balaban J connectivity index is 2.24. The summed E-state index contributed by atoms with van der Waals surface area (Å²) in [7, 11) is 3.36. The number of nitrogens with zero attached hydrogens (tertiary/aromatic N) is 2. The molecule has 5 nitrogen and oxygen atoms in total. The van der Waals surface area contributed by atoms with Gasteiger partial charge in [0, 0.05) is 19.5 Å². The summed E-state index contributed by atoms with van der Waals surface area (Å²) in [5, 5.41) is 3.71. The lowest BCUT2D eigenvalue weighted by atomic mass is 9.98. The van der Waals surface area contributed by atoms with Crippen LogP contribution in [0.1, 0.15) is 45.8 Å². The van der Waals surface area contributed by atoms with Gasteiger partial charge >= 0.3 is 0 Å². The molecule has 0 atom stereocenters. The summed E-state index contributed by atoms with van der Waals surface area (Å²) in [6.07, 6.45) is 1.58. The summed E-state index contributed by atoms with van der Waals surface area (Å²) in [5.41, 5.74) is 0.871. The van der Waals surface area contributed by atoms with Crippen LogP contribution in [-0.2, 0) is 5.41 Å². The Kier molecular flexibility index (Phi) is 4.85. The molecule has 0 bridgehead atoms. The lowest BCUT2D eigenvalue weighted by Gasteiger charge is -2.14. The topological polar surface area (TPSA) is 62.3 Å². The number of anilines is 1. The lowest BCUT2D eigenvalue weighted by Crippen LogP contribution is -2.23. The molecule has 1 heterocycles. The molecule has 0 aliphatic rings. The Morgan fingerprint density at radius 1 is 1.17 bits per heavy atom. The van der Waals surface area contributed by atoms with Crippen LogP contribution in [0, 0.1) is 0 Å². The number of nitrogens with one attached hydrogen (secondary N) is 1. The van der Waals surface area contributed by atoms with Gasteiger partial charge in [-0.25, -0.2) is 4.98 Å². The van der Waals surface area contributed by atoms with Gasteiger partial charge in [0.15, 0.2) is 0 Å². The molecule has 122 valence electrons. The zero-order valence-corrected chi connectivity index (χ0v) is 14.8. The van der Waals surface area contributed by atoms with Gasteiger partial charge in [0.25, 0.3) is 11.8 Å². The van der Waals surface area contributed by atoms with Gasteiger partial charge in [-0.1, -0.05) is 32.9 Å². The van der Waals surface area contributed by atoms with Crippen LogP contribution in [0.15, 0.2) is 30.5 Å². The van der Waals surface area contributed by atoms with E-state index in [1.165, 1.54) is 16.2 Å². The molecule has 0 saturated carbocycles. The first kappa shape index (κ1) is 17.1. The average molecular weight is 331 g/mol. The first-order valence-corrected chi connectivity index (χ1v) is 8.10. The number of carbonyl (C=O) groups excluding carboxylic acids is 2. The van der Waals surface area contributed by atoms with Gasteiger partial charge in [0.05, 0.1) is 22.5 Å². The summed E-state index contributed by atoms with van der Waals surface area (Å²) in [6, 6.07) is 6.98. The van der Waals surface area contributed by atoms with Crippen molar-refractivity contribution in [3.8, 4) is 0 Å². The fourth-order valence-electron chi connectivity index (χ4n) is 1.93. The molecule has 0 aliphatic carbocycles. The third-order valence-corrected chi connectivity index (χ3v) is 4.60. The van der Waals surface area contributed by atoms with E-state index in [2.05, 4.69) is 31.1 Å². The van der Waals surface area contributed by atoms with E-state index < -0.39 is 0 Å². The van der Waals surface area contributed by atoms with Crippen molar-refractivity contribution in [2.24, 2.45) is 0 Å².